The van der Waals surface area contributed by atoms with Crippen LogP contribution in [0.5, 0.6) is 0 Å². The van der Waals surface area contributed by atoms with Crippen LogP contribution in [0.1, 0.15) is 45.6 Å². The van der Waals surface area contributed by atoms with Crippen molar-refractivity contribution in [3.05, 3.63) is 23.8 Å². The molecule has 1 aromatic carbocycles. The van der Waals surface area contributed by atoms with Crippen LogP contribution in [0.25, 0.3) is 11.0 Å². The van der Waals surface area contributed by atoms with Gasteiger partial charge >= 0.3 is 0 Å². The topological polar surface area (TPSA) is 120 Å². The average Bonchev–Trinajstić information content (AvgIpc) is 2.65. The first-order valence-corrected chi connectivity index (χ1v) is 9.32. The summed E-state index contributed by atoms with van der Waals surface area (Å²) >= 11 is 0. The van der Waals surface area contributed by atoms with Gasteiger partial charge in [-0.3, -0.25) is 25.6 Å². The van der Waals surface area contributed by atoms with Crippen molar-refractivity contribution in [1.29, 1.82) is 0 Å². The second-order valence-corrected chi connectivity index (χ2v) is 7.78. The molecule has 2 aromatic rings. The molecule has 1 atom stereocenters. The van der Waals surface area contributed by atoms with Crippen LogP contribution in [0.3, 0.4) is 0 Å². The lowest BCUT2D eigenvalue weighted by atomic mass is 9.79. The van der Waals surface area contributed by atoms with Crippen LogP contribution in [-0.2, 0) is 9.59 Å². The molecule has 9 heteroatoms. The van der Waals surface area contributed by atoms with E-state index in [1.807, 2.05) is 25.1 Å². The quantitative estimate of drug-likeness (QED) is 0.325. The summed E-state index contributed by atoms with van der Waals surface area (Å²) in [4.78, 5) is 27.8. The number of aryl methyl sites for hydroxylation is 1. The molecule has 3 N–H and O–H groups in total. The second-order valence-electron chi connectivity index (χ2n) is 7.78. The predicted molar refractivity (Wildman–Crippen MR) is 105 cm³/mol. The molecule has 0 aliphatic carbocycles. The highest BCUT2D eigenvalue weighted by Gasteiger charge is 2.29. The third kappa shape index (κ3) is 6.12. The summed E-state index contributed by atoms with van der Waals surface area (Å²) in [6, 6.07) is 5.62. The maximum Gasteiger partial charge on any atom is 0.262 e. The first-order valence-electron chi connectivity index (χ1n) is 9.32. The minimum Gasteiger partial charge on any atom is -0.286 e. The molecule has 0 spiro atoms. The smallest absolute Gasteiger partial charge is 0.262 e. The van der Waals surface area contributed by atoms with Crippen molar-refractivity contribution in [2.45, 2.75) is 47.0 Å². The monoisotopic (exact) mass is 388 g/mol. The SMILES string of the molecule is CCCC(C)(C)CC(CN(O)C=O)C(=O)NNc1nnc2cc(C)ccc2n1. The van der Waals surface area contributed by atoms with E-state index in [-0.39, 0.29) is 23.8 Å². The number of nitrogens with one attached hydrogen (secondary N) is 2. The fourth-order valence-electron chi connectivity index (χ4n) is 3.27. The minimum atomic E-state index is -0.597. The Labute approximate surface area is 164 Å². The lowest BCUT2D eigenvalue weighted by Gasteiger charge is -2.29. The van der Waals surface area contributed by atoms with Crippen molar-refractivity contribution in [3.63, 3.8) is 0 Å². The van der Waals surface area contributed by atoms with E-state index in [9.17, 15) is 14.8 Å². The third-order valence-electron chi connectivity index (χ3n) is 4.53. The molecule has 0 radical (unpaired) electrons. The van der Waals surface area contributed by atoms with E-state index in [4.69, 9.17) is 0 Å². The highest BCUT2D eigenvalue weighted by Crippen LogP contribution is 2.31. The number of hydroxylamine groups is 2. The molecular formula is C19H28N6O3. The summed E-state index contributed by atoms with van der Waals surface area (Å²) < 4.78 is 0. The highest BCUT2D eigenvalue weighted by molar-refractivity contribution is 5.80. The number of anilines is 1. The molecule has 0 aliphatic heterocycles. The van der Waals surface area contributed by atoms with Gasteiger partial charge in [-0.25, -0.2) is 10.0 Å². The van der Waals surface area contributed by atoms with Crippen LogP contribution >= 0.6 is 0 Å². The number of aromatic nitrogens is 3. The van der Waals surface area contributed by atoms with Crippen LogP contribution < -0.4 is 10.9 Å². The predicted octanol–water partition coefficient (Wildman–Crippen LogP) is 2.46. The number of amides is 2. The van der Waals surface area contributed by atoms with Crippen molar-refractivity contribution >= 4 is 29.3 Å². The van der Waals surface area contributed by atoms with Gasteiger partial charge in [0.15, 0.2) is 0 Å². The van der Waals surface area contributed by atoms with Crippen molar-refractivity contribution in [1.82, 2.24) is 25.7 Å². The molecule has 1 heterocycles. The highest BCUT2D eigenvalue weighted by atomic mass is 16.5. The summed E-state index contributed by atoms with van der Waals surface area (Å²) in [7, 11) is 0. The number of hydrogen-bond acceptors (Lipinski definition) is 7. The number of hydrogen-bond donors (Lipinski definition) is 3. The Morgan fingerprint density at radius 3 is 2.75 bits per heavy atom. The molecule has 0 aliphatic rings. The summed E-state index contributed by atoms with van der Waals surface area (Å²) in [5.74, 6) is -0.800. The zero-order valence-corrected chi connectivity index (χ0v) is 16.8. The number of carbonyl (C=O) groups is 2. The van der Waals surface area contributed by atoms with Gasteiger partial charge < -0.3 is 0 Å². The van der Waals surface area contributed by atoms with Gasteiger partial charge in [0.2, 0.25) is 12.3 Å². The van der Waals surface area contributed by atoms with Gasteiger partial charge in [0.05, 0.1) is 18.0 Å². The zero-order valence-electron chi connectivity index (χ0n) is 16.8. The Hall–Kier alpha value is -2.81. The van der Waals surface area contributed by atoms with E-state index in [0.29, 0.717) is 28.9 Å². The first-order chi connectivity index (χ1) is 13.2. The van der Waals surface area contributed by atoms with E-state index in [2.05, 4.69) is 46.8 Å². The third-order valence-corrected chi connectivity index (χ3v) is 4.53. The Morgan fingerprint density at radius 2 is 2.07 bits per heavy atom. The number of nitrogens with zero attached hydrogens (tertiary/aromatic N) is 4. The Morgan fingerprint density at radius 1 is 1.32 bits per heavy atom. The van der Waals surface area contributed by atoms with Gasteiger partial charge in [0.1, 0.15) is 5.52 Å². The van der Waals surface area contributed by atoms with Crippen molar-refractivity contribution in [2.75, 3.05) is 12.0 Å². The zero-order chi connectivity index (χ0) is 20.7. The van der Waals surface area contributed by atoms with Gasteiger partial charge in [0, 0.05) is 0 Å². The molecule has 2 rings (SSSR count). The largest absolute Gasteiger partial charge is 0.286 e. The van der Waals surface area contributed by atoms with Crippen molar-refractivity contribution in [3.8, 4) is 0 Å². The summed E-state index contributed by atoms with van der Waals surface area (Å²) in [5.41, 5.74) is 7.49. The average molecular weight is 388 g/mol. The Bertz CT molecular complexity index is 826. The Balaban J connectivity index is 2.07. The number of carbonyl (C=O) groups excluding carboxylic acids is 2. The minimum absolute atomic E-state index is 0.0970. The maximum absolute atomic E-state index is 12.7. The van der Waals surface area contributed by atoms with Gasteiger partial charge in [-0.05, 0) is 42.9 Å². The van der Waals surface area contributed by atoms with E-state index >= 15 is 0 Å². The first kappa shape index (κ1) is 21.5. The molecule has 0 saturated carbocycles. The molecule has 152 valence electrons. The maximum atomic E-state index is 12.7. The summed E-state index contributed by atoms with van der Waals surface area (Å²) in [5, 5.41) is 18.1. The van der Waals surface area contributed by atoms with E-state index in [1.54, 1.807) is 0 Å². The second kappa shape index (κ2) is 9.41. The number of rotatable bonds is 10. The molecule has 2 amide bonds. The number of fused-ring (bicyclic) bond motifs is 1. The fourth-order valence-corrected chi connectivity index (χ4v) is 3.27. The molecule has 0 bridgehead atoms. The van der Waals surface area contributed by atoms with Gasteiger partial charge in [-0.1, -0.05) is 33.3 Å². The molecule has 28 heavy (non-hydrogen) atoms. The lowest BCUT2D eigenvalue weighted by Crippen LogP contribution is -2.42. The van der Waals surface area contributed by atoms with Crippen molar-refractivity contribution < 1.29 is 14.8 Å². The molecule has 9 nitrogen and oxygen atoms in total. The van der Waals surface area contributed by atoms with E-state index < -0.39 is 5.92 Å². The van der Waals surface area contributed by atoms with Crippen LogP contribution in [0, 0.1) is 18.3 Å². The number of hydrazine groups is 1. The Kier molecular flexibility index (Phi) is 7.22. The van der Waals surface area contributed by atoms with Gasteiger partial charge in [0.25, 0.3) is 5.95 Å². The van der Waals surface area contributed by atoms with Crippen LogP contribution in [-0.4, -0.2) is 44.3 Å². The summed E-state index contributed by atoms with van der Waals surface area (Å²) in [6.45, 7) is 8.06. The van der Waals surface area contributed by atoms with Crippen molar-refractivity contribution in [2.24, 2.45) is 11.3 Å². The van der Waals surface area contributed by atoms with Crippen LogP contribution in [0.2, 0.25) is 0 Å². The molecule has 1 aromatic heterocycles. The van der Waals surface area contributed by atoms with E-state index in [1.165, 1.54) is 0 Å². The van der Waals surface area contributed by atoms with Crippen LogP contribution in [0.4, 0.5) is 5.95 Å². The normalized spacial score (nSPS) is 12.5. The molecule has 1 unspecified atom stereocenters. The lowest BCUT2D eigenvalue weighted by molar-refractivity contribution is -0.155. The van der Waals surface area contributed by atoms with Gasteiger partial charge in [-0.15, -0.1) is 10.2 Å². The molecule has 0 fully saturated rings. The van der Waals surface area contributed by atoms with Crippen LogP contribution in [0.15, 0.2) is 18.2 Å². The molecular weight excluding hydrogens is 360 g/mol. The standard InChI is InChI=1S/C19H28N6O3/c1-5-8-19(3,4)10-14(11-25(28)12-26)17(27)22-24-18-20-15-7-6-13(2)9-16(15)21-23-18/h6-7,9,12,14,28H,5,8,10-11H2,1-4H3,(H,22,27)(H,20,23,24). The molecule has 0 saturated heterocycles. The van der Waals surface area contributed by atoms with Gasteiger partial charge in [-0.2, -0.15) is 0 Å². The fraction of sp³-hybridized carbons (Fsp3) is 0.526. The number of benzene rings is 1. The van der Waals surface area contributed by atoms with E-state index in [0.717, 1.165) is 18.4 Å². The summed E-state index contributed by atoms with van der Waals surface area (Å²) in [6.07, 6.45) is 2.70.